The number of hydrogen-bond acceptors (Lipinski definition) is 3. The molecule has 2 amide bonds. The molecule has 0 saturated carbocycles. The van der Waals surface area contributed by atoms with Gasteiger partial charge in [0.1, 0.15) is 6.54 Å². The molecule has 0 aliphatic heterocycles. The smallest absolute Gasteiger partial charge is 0.405 e. The maximum atomic E-state index is 11.7. The van der Waals surface area contributed by atoms with Crippen molar-refractivity contribution in [3.05, 3.63) is 12.2 Å². The predicted molar refractivity (Wildman–Crippen MR) is 53.5 cm³/mol. The molecule has 0 unspecified atom stereocenters. The number of rotatable bonds is 5. The first-order valence-corrected chi connectivity index (χ1v) is 4.61. The highest BCUT2D eigenvalue weighted by molar-refractivity contribution is 5.95. The summed E-state index contributed by atoms with van der Waals surface area (Å²) >= 11 is 0. The van der Waals surface area contributed by atoms with E-state index in [1.165, 1.54) is 0 Å². The minimum Gasteiger partial charge on any atom is -0.478 e. The van der Waals surface area contributed by atoms with Crippen molar-refractivity contribution in [3.63, 3.8) is 0 Å². The van der Waals surface area contributed by atoms with Gasteiger partial charge in [-0.15, -0.1) is 0 Å². The first-order valence-electron chi connectivity index (χ1n) is 4.61. The van der Waals surface area contributed by atoms with Crippen LogP contribution in [0.2, 0.25) is 0 Å². The number of hydrogen-bond donors (Lipinski definition) is 2. The molecule has 0 heterocycles. The third-order valence-electron chi connectivity index (χ3n) is 1.61. The van der Waals surface area contributed by atoms with Gasteiger partial charge in [-0.25, -0.2) is 4.79 Å². The van der Waals surface area contributed by atoms with Gasteiger partial charge in [0.05, 0.1) is 6.54 Å². The van der Waals surface area contributed by atoms with Gasteiger partial charge in [0.25, 0.3) is 0 Å². The minimum absolute atomic E-state index is 0.562. The Hall–Kier alpha value is -2.06. The average molecular weight is 268 g/mol. The summed E-state index contributed by atoms with van der Waals surface area (Å²) < 4.78 is 35.2. The standard InChI is InChI=1S/C9H11F3N2O4/c1-14(7(16)2-3-8(17)18)4-6(15)13-5-9(10,11)12/h2-3H,4-5H2,1H3,(H,13,15)(H,17,18)/b3-2+. The van der Waals surface area contributed by atoms with Crippen LogP contribution in [0.3, 0.4) is 0 Å². The van der Waals surface area contributed by atoms with Gasteiger partial charge >= 0.3 is 12.1 Å². The van der Waals surface area contributed by atoms with Crippen LogP contribution in [0.5, 0.6) is 0 Å². The number of nitrogens with zero attached hydrogens (tertiary/aromatic N) is 1. The van der Waals surface area contributed by atoms with Crippen LogP contribution in [0.1, 0.15) is 0 Å². The van der Waals surface area contributed by atoms with Crippen molar-refractivity contribution in [2.75, 3.05) is 20.1 Å². The van der Waals surface area contributed by atoms with Gasteiger partial charge in [-0.1, -0.05) is 0 Å². The zero-order chi connectivity index (χ0) is 14.3. The molecular weight excluding hydrogens is 257 g/mol. The molecule has 18 heavy (non-hydrogen) atoms. The molecule has 6 nitrogen and oxygen atoms in total. The molecule has 0 atom stereocenters. The summed E-state index contributed by atoms with van der Waals surface area (Å²) in [5.41, 5.74) is 0. The van der Waals surface area contributed by atoms with Crippen molar-refractivity contribution in [2.45, 2.75) is 6.18 Å². The van der Waals surface area contributed by atoms with Gasteiger partial charge in [-0.05, 0) is 0 Å². The SMILES string of the molecule is CN(CC(=O)NCC(F)(F)F)C(=O)/C=C/C(=O)O. The fourth-order valence-corrected chi connectivity index (χ4v) is 0.818. The monoisotopic (exact) mass is 268 g/mol. The van der Waals surface area contributed by atoms with E-state index in [0.717, 1.165) is 11.9 Å². The van der Waals surface area contributed by atoms with Crippen molar-refractivity contribution >= 4 is 17.8 Å². The maximum Gasteiger partial charge on any atom is 0.405 e. The lowest BCUT2D eigenvalue weighted by Gasteiger charge is -2.15. The lowest BCUT2D eigenvalue weighted by molar-refractivity contribution is -0.140. The molecule has 0 spiro atoms. The number of carboxylic acids is 1. The van der Waals surface area contributed by atoms with E-state index in [-0.39, 0.29) is 0 Å². The summed E-state index contributed by atoms with van der Waals surface area (Å²) in [6.07, 6.45) is -3.27. The first kappa shape index (κ1) is 15.9. The Morgan fingerprint density at radius 3 is 2.28 bits per heavy atom. The molecule has 2 N–H and O–H groups in total. The van der Waals surface area contributed by atoms with Crippen LogP contribution >= 0.6 is 0 Å². The van der Waals surface area contributed by atoms with E-state index in [1.54, 1.807) is 5.32 Å². The Balaban J connectivity index is 4.15. The molecule has 0 aromatic rings. The van der Waals surface area contributed by atoms with Crippen LogP contribution < -0.4 is 5.32 Å². The van der Waals surface area contributed by atoms with Crippen LogP contribution in [0.15, 0.2) is 12.2 Å². The molecule has 0 fully saturated rings. The van der Waals surface area contributed by atoms with Gasteiger partial charge in [0.2, 0.25) is 11.8 Å². The van der Waals surface area contributed by atoms with Gasteiger partial charge in [0, 0.05) is 19.2 Å². The number of alkyl halides is 3. The molecule has 9 heteroatoms. The lowest BCUT2D eigenvalue weighted by atomic mass is 10.4. The second-order valence-electron chi connectivity index (χ2n) is 3.26. The fraction of sp³-hybridized carbons (Fsp3) is 0.444. The van der Waals surface area contributed by atoms with Crippen molar-refractivity contribution in [1.29, 1.82) is 0 Å². The first-order chi connectivity index (χ1) is 8.11. The van der Waals surface area contributed by atoms with Crippen LogP contribution in [0.25, 0.3) is 0 Å². The Morgan fingerprint density at radius 1 is 1.28 bits per heavy atom. The zero-order valence-electron chi connectivity index (χ0n) is 9.32. The summed E-state index contributed by atoms with van der Waals surface area (Å²) in [7, 11) is 1.15. The summed E-state index contributed by atoms with van der Waals surface area (Å²) in [6, 6.07) is 0. The maximum absolute atomic E-state index is 11.7. The molecule has 0 radical (unpaired) electrons. The van der Waals surface area contributed by atoms with E-state index in [0.29, 0.717) is 12.2 Å². The van der Waals surface area contributed by atoms with Crippen molar-refractivity contribution < 1.29 is 32.7 Å². The second kappa shape index (κ2) is 6.62. The van der Waals surface area contributed by atoms with Crippen LogP contribution in [-0.2, 0) is 14.4 Å². The molecule has 102 valence electrons. The fourth-order valence-electron chi connectivity index (χ4n) is 0.818. The van der Waals surface area contributed by atoms with E-state index in [1.807, 2.05) is 0 Å². The van der Waals surface area contributed by atoms with Crippen molar-refractivity contribution in [1.82, 2.24) is 10.2 Å². The Morgan fingerprint density at radius 2 is 1.83 bits per heavy atom. The number of aliphatic carboxylic acids is 1. The van der Waals surface area contributed by atoms with Crippen LogP contribution in [0.4, 0.5) is 13.2 Å². The normalized spacial score (nSPS) is 11.3. The van der Waals surface area contributed by atoms with Gasteiger partial charge < -0.3 is 15.3 Å². The van der Waals surface area contributed by atoms with Gasteiger partial charge in [-0.2, -0.15) is 13.2 Å². The molecule has 0 aromatic carbocycles. The second-order valence-corrected chi connectivity index (χ2v) is 3.26. The van der Waals surface area contributed by atoms with Crippen molar-refractivity contribution in [2.24, 2.45) is 0 Å². The molecule has 0 aromatic heterocycles. The summed E-state index contributed by atoms with van der Waals surface area (Å²) in [5.74, 6) is -3.15. The molecule has 0 aliphatic rings. The Kier molecular flexibility index (Phi) is 5.86. The summed E-state index contributed by atoms with van der Waals surface area (Å²) in [4.78, 5) is 33.0. The minimum atomic E-state index is -4.53. The van der Waals surface area contributed by atoms with E-state index >= 15 is 0 Å². The number of likely N-dealkylation sites (N-methyl/N-ethyl adjacent to an activating group) is 1. The summed E-state index contributed by atoms with van der Waals surface area (Å²) in [6.45, 7) is -2.09. The number of amides is 2. The average Bonchev–Trinajstić information content (AvgIpc) is 2.21. The third kappa shape index (κ3) is 8.13. The van der Waals surface area contributed by atoms with E-state index in [4.69, 9.17) is 5.11 Å². The van der Waals surface area contributed by atoms with Gasteiger partial charge in [-0.3, -0.25) is 9.59 Å². The number of carbonyl (C=O) groups is 3. The van der Waals surface area contributed by atoms with Crippen LogP contribution in [0, 0.1) is 0 Å². The largest absolute Gasteiger partial charge is 0.478 e. The number of nitrogens with one attached hydrogen (secondary N) is 1. The Bertz CT molecular complexity index is 365. The highest BCUT2D eigenvalue weighted by Gasteiger charge is 2.27. The van der Waals surface area contributed by atoms with E-state index < -0.39 is 37.0 Å². The number of halogens is 3. The number of carboxylic acid groups (broad SMARTS) is 1. The Labute approximate surface area is 100 Å². The topological polar surface area (TPSA) is 86.7 Å². The lowest BCUT2D eigenvalue weighted by Crippen LogP contribution is -2.41. The van der Waals surface area contributed by atoms with Crippen LogP contribution in [-0.4, -0.2) is 54.1 Å². The van der Waals surface area contributed by atoms with Crippen molar-refractivity contribution in [3.8, 4) is 0 Å². The van der Waals surface area contributed by atoms with E-state index in [9.17, 15) is 27.6 Å². The quantitative estimate of drug-likeness (QED) is 0.674. The van der Waals surface area contributed by atoms with E-state index in [2.05, 4.69) is 0 Å². The zero-order valence-corrected chi connectivity index (χ0v) is 9.32. The highest BCUT2D eigenvalue weighted by Crippen LogP contribution is 2.11. The molecule has 0 aliphatic carbocycles. The molecule has 0 bridgehead atoms. The van der Waals surface area contributed by atoms with Gasteiger partial charge in [0.15, 0.2) is 0 Å². The molecular formula is C9H11F3N2O4. The molecule has 0 rings (SSSR count). The highest BCUT2D eigenvalue weighted by atomic mass is 19.4. The third-order valence-corrected chi connectivity index (χ3v) is 1.61. The molecule has 0 saturated heterocycles. The predicted octanol–water partition coefficient (Wildman–Crippen LogP) is -0.236. The number of carbonyl (C=O) groups excluding carboxylic acids is 2. The summed E-state index contributed by atoms with van der Waals surface area (Å²) in [5, 5.41) is 9.81.